The topological polar surface area (TPSA) is 59.8 Å². The molecule has 0 bridgehead atoms. The number of hydrogen-bond acceptors (Lipinski definition) is 4. The number of carbonyl (C=O) groups is 1. The number of piperidine rings is 1. The molecule has 1 aromatic heterocycles. The highest BCUT2D eigenvalue weighted by Gasteiger charge is 2.21. The first kappa shape index (κ1) is 13.0. The maximum absolute atomic E-state index is 12.4. The van der Waals surface area contributed by atoms with Gasteiger partial charge in [-0.2, -0.15) is 0 Å². The largest absolute Gasteiger partial charge is 0.317 e. The fraction of sp³-hybridized carbons (Fsp3) is 0.400. The molecule has 1 aliphatic rings. The minimum Gasteiger partial charge on any atom is -0.317 e. The summed E-state index contributed by atoms with van der Waals surface area (Å²) in [4.78, 5) is 12.4. The van der Waals surface area contributed by atoms with Gasteiger partial charge in [0, 0.05) is 6.42 Å². The molecule has 1 saturated heterocycles. The first-order valence-electron chi connectivity index (χ1n) is 7.04. The second-order valence-electron chi connectivity index (χ2n) is 5.19. The van der Waals surface area contributed by atoms with E-state index < -0.39 is 0 Å². The standard InChI is InChI=1S/C15H18N4O/c20-15(10-12-6-8-16-9-7-12)14-11-17-18-19(14)13-4-2-1-3-5-13/h1-5,11-12,16H,6-10H2. The lowest BCUT2D eigenvalue weighted by Crippen LogP contribution is -2.29. The number of ketones is 1. The van der Waals surface area contributed by atoms with Gasteiger partial charge in [0.15, 0.2) is 5.78 Å². The Morgan fingerprint density at radius 1 is 1.25 bits per heavy atom. The molecule has 0 amide bonds. The van der Waals surface area contributed by atoms with Crippen molar-refractivity contribution >= 4 is 5.78 Å². The van der Waals surface area contributed by atoms with Crippen molar-refractivity contribution < 1.29 is 4.79 Å². The van der Waals surface area contributed by atoms with Crippen LogP contribution < -0.4 is 5.32 Å². The number of aromatic nitrogens is 3. The third kappa shape index (κ3) is 2.77. The molecule has 1 aliphatic heterocycles. The summed E-state index contributed by atoms with van der Waals surface area (Å²) in [5.41, 5.74) is 1.45. The summed E-state index contributed by atoms with van der Waals surface area (Å²) >= 11 is 0. The quantitative estimate of drug-likeness (QED) is 0.861. The SMILES string of the molecule is O=C(CC1CCNCC1)c1cnnn1-c1ccccc1. The number of benzene rings is 1. The van der Waals surface area contributed by atoms with Crippen molar-refractivity contribution in [2.45, 2.75) is 19.3 Å². The van der Waals surface area contributed by atoms with E-state index in [2.05, 4.69) is 15.6 Å². The van der Waals surface area contributed by atoms with Crippen molar-refractivity contribution in [3.8, 4) is 5.69 Å². The zero-order valence-electron chi connectivity index (χ0n) is 11.3. The van der Waals surface area contributed by atoms with Crippen LogP contribution in [0.25, 0.3) is 5.69 Å². The third-order valence-electron chi connectivity index (χ3n) is 3.77. The summed E-state index contributed by atoms with van der Waals surface area (Å²) in [7, 11) is 0. The number of carbonyl (C=O) groups excluding carboxylic acids is 1. The molecule has 0 spiro atoms. The van der Waals surface area contributed by atoms with Crippen molar-refractivity contribution in [3.63, 3.8) is 0 Å². The Bertz CT molecular complexity index is 573. The predicted octanol–water partition coefficient (Wildman–Crippen LogP) is 1.84. The average molecular weight is 270 g/mol. The number of para-hydroxylation sites is 1. The zero-order valence-corrected chi connectivity index (χ0v) is 11.3. The second-order valence-corrected chi connectivity index (χ2v) is 5.19. The molecular formula is C15H18N4O. The van der Waals surface area contributed by atoms with Gasteiger partial charge >= 0.3 is 0 Å². The summed E-state index contributed by atoms with van der Waals surface area (Å²) < 4.78 is 1.63. The van der Waals surface area contributed by atoms with Gasteiger partial charge in [0.2, 0.25) is 0 Å². The minimum absolute atomic E-state index is 0.130. The van der Waals surface area contributed by atoms with Crippen LogP contribution in [0.3, 0.4) is 0 Å². The Morgan fingerprint density at radius 3 is 2.75 bits per heavy atom. The highest BCUT2D eigenvalue weighted by molar-refractivity contribution is 5.94. The predicted molar refractivity (Wildman–Crippen MR) is 75.9 cm³/mol. The van der Waals surface area contributed by atoms with Gasteiger partial charge in [0.05, 0.1) is 11.9 Å². The van der Waals surface area contributed by atoms with Gasteiger partial charge in [-0.3, -0.25) is 4.79 Å². The molecular weight excluding hydrogens is 252 g/mol. The molecule has 0 atom stereocenters. The number of rotatable bonds is 4. The van der Waals surface area contributed by atoms with Crippen molar-refractivity contribution in [1.29, 1.82) is 0 Å². The molecule has 0 aliphatic carbocycles. The van der Waals surface area contributed by atoms with E-state index in [1.54, 1.807) is 10.9 Å². The van der Waals surface area contributed by atoms with Gasteiger partial charge in [-0.15, -0.1) is 5.10 Å². The van der Waals surface area contributed by atoms with Crippen LogP contribution in [0.1, 0.15) is 29.8 Å². The van der Waals surface area contributed by atoms with Crippen molar-refractivity contribution in [2.75, 3.05) is 13.1 Å². The van der Waals surface area contributed by atoms with Crippen LogP contribution in [0.4, 0.5) is 0 Å². The number of nitrogens with zero attached hydrogens (tertiary/aromatic N) is 3. The van der Waals surface area contributed by atoms with Crippen LogP contribution in [-0.4, -0.2) is 33.9 Å². The first-order chi connectivity index (χ1) is 9.84. The number of Topliss-reactive ketones (excluding diaryl/α,β-unsaturated/α-hetero) is 1. The van der Waals surface area contributed by atoms with E-state index in [1.807, 2.05) is 30.3 Å². The summed E-state index contributed by atoms with van der Waals surface area (Å²) in [6.45, 7) is 2.02. The van der Waals surface area contributed by atoms with Gasteiger partial charge < -0.3 is 5.32 Å². The Morgan fingerprint density at radius 2 is 2.00 bits per heavy atom. The molecule has 104 valence electrons. The molecule has 2 heterocycles. The van der Waals surface area contributed by atoms with E-state index in [4.69, 9.17) is 0 Å². The lowest BCUT2D eigenvalue weighted by Gasteiger charge is -2.21. The Balaban J connectivity index is 1.77. The van der Waals surface area contributed by atoms with Gasteiger partial charge in [-0.05, 0) is 44.0 Å². The minimum atomic E-state index is 0.130. The maximum atomic E-state index is 12.4. The van der Waals surface area contributed by atoms with Crippen LogP contribution in [0, 0.1) is 5.92 Å². The van der Waals surface area contributed by atoms with Gasteiger partial charge in [0.25, 0.3) is 0 Å². The first-order valence-corrected chi connectivity index (χ1v) is 7.04. The van der Waals surface area contributed by atoms with Crippen molar-refractivity contribution in [2.24, 2.45) is 5.92 Å². The maximum Gasteiger partial charge on any atom is 0.183 e. The van der Waals surface area contributed by atoms with E-state index in [9.17, 15) is 4.79 Å². The molecule has 1 N–H and O–H groups in total. The molecule has 5 nitrogen and oxygen atoms in total. The molecule has 20 heavy (non-hydrogen) atoms. The second kappa shape index (κ2) is 5.96. The van der Waals surface area contributed by atoms with Crippen LogP contribution in [-0.2, 0) is 0 Å². The Hall–Kier alpha value is -2.01. The van der Waals surface area contributed by atoms with E-state index in [1.165, 1.54) is 0 Å². The fourth-order valence-corrected chi connectivity index (χ4v) is 2.64. The molecule has 0 saturated carbocycles. The van der Waals surface area contributed by atoms with E-state index in [0.29, 0.717) is 18.0 Å². The molecule has 2 aromatic rings. The lowest BCUT2D eigenvalue weighted by atomic mass is 9.92. The summed E-state index contributed by atoms with van der Waals surface area (Å²) in [6, 6.07) is 9.65. The van der Waals surface area contributed by atoms with Crippen molar-refractivity contribution in [1.82, 2.24) is 20.3 Å². The Kier molecular flexibility index (Phi) is 3.87. The third-order valence-corrected chi connectivity index (χ3v) is 3.77. The Labute approximate surface area is 118 Å². The fourth-order valence-electron chi connectivity index (χ4n) is 2.64. The van der Waals surface area contributed by atoms with Crippen LogP contribution in [0.2, 0.25) is 0 Å². The molecule has 0 unspecified atom stereocenters. The smallest absolute Gasteiger partial charge is 0.183 e. The van der Waals surface area contributed by atoms with Crippen LogP contribution in [0.5, 0.6) is 0 Å². The van der Waals surface area contributed by atoms with E-state index in [-0.39, 0.29) is 5.78 Å². The monoisotopic (exact) mass is 270 g/mol. The van der Waals surface area contributed by atoms with Gasteiger partial charge in [-0.25, -0.2) is 4.68 Å². The molecule has 1 fully saturated rings. The zero-order chi connectivity index (χ0) is 13.8. The summed E-state index contributed by atoms with van der Waals surface area (Å²) in [6.07, 6.45) is 4.29. The highest BCUT2D eigenvalue weighted by Crippen LogP contribution is 2.19. The van der Waals surface area contributed by atoms with Crippen molar-refractivity contribution in [3.05, 3.63) is 42.2 Å². The van der Waals surface area contributed by atoms with E-state index >= 15 is 0 Å². The highest BCUT2D eigenvalue weighted by atomic mass is 16.1. The normalized spacial score (nSPS) is 16.2. The summed E-state index contributed by atoms with van der Waals surface area (Å²) in [5, 5.41) is 11.2. The van der Waals surface area contributed by atoms with Crippen LogP contribution >= 0.6 is 0 Å². The molecule has 5 heteroatoms. The average Bonchev–Trinajstić information content (AvgIpc) is 2.99. The van der Waals surface area contributed by atoms with Gasteiger partial charge in [-0.1, -0.05) is 23.4 Å². The summed E-state index contributed by atoms with van der Waals surface area (Å²) in [5.74, 6) is 0.605. The number of nitrogens with one attached hydrogen (secondary N) is 1. The lowest BCUT2D eigenvalue weighted by molar-refractivity contribution is 0.0945. The molecule has 3 rings (SSSR count). The van der Waals surface area contributed by atoms with Gasteiger partial charge in [0.1, 0.15) is 5.69 Å². The van der Waals surface area contributed by atoms with E-state index in [0.717, 1.165) is 31.6 Å². The van der Waals surface area contributed by atoms with Crippen LogP contribution in [0.15, 0.2) is 36.5 Å². The molecule has 1 aromatic carbocycles. The number of hydrogen-bond donors (Lipinski definition) is 1. The molecule has 0 radical (unpaired) electrons.